The van der Waals surface area contributed by atoms with Crippen molar-refractivity contribution in [2.75, 3.05) is 26.0 Å². The van der Waals surface area contributed by atoms with Gasteiger partial charge in [-0.15, -0.1) is 11.3 Å². The number of hydrogen-bond acceptors (Lipinski definition) is 6. The van der Waals surface area contributed by atoms with Gasteiger partial charge in [0.05, 0.1) is 17.6 Å². The monoisotopic (exact) mass is 433 g/mol. The van der Waals surface area contributed by atoms with Gasteiger partial charge in [-0.25, -0.2) is 9.97 Å². The van der Waals surface area contributed by atoms with Gasteiger partial charge in [0, 0.05) is 37.0 Å². The van der Waals surface area contributed by atoms with E-state index in [0.717, 1.165) is 33.8 Å². The van der Waals surface area contributed by atoms with E-state index < -0.39 is 0 Å². The molecule has 0 bridgehead atoms. The number of thiazole rings is 1. The number of aromatic nitrogens is 3. The van der Waals surface area contributed by atoms with Gasteiger partial charge in [-0.3, -0.25) is 14.9 Å². The van der Waals surface area contributed by atoms with Gasteiger partial charge in [0.25, 0.3) is 11.8 Å². The summed E-state index contributed by atoms with van der Waals surface area (Å²) in [5.41, 5.74) is 4.31. The Morgan fingerprint density at radius 3 is 2.87 bits per heavy atom. The van der Waals surface area contributed by atoms with E-state index in [4.69, 9.17) is 4.74 Å². The molecule has 0 unspecified atom stereocenters. The molecule has 0 spiro atoms. The summed E-state index contributed by atoms with van der Waals surface area (Å²) < 4.78 is 5.54. The number of aromatic amines is 1. The second kappa shape index (κ2) is 7.51. The molecule has 2 N–H and O–H groups in total. The molecule has 0 radical (unpaired) electrons. The SMILES string of the molecule is CN(C)C(=O)c1ccc2[nH]c(NC(=O)c3csc(-c4ccc5c(c4)CCO5)n3)nc2c1. The van der Waals surface area contributed by atoms with Gasteiger partial charge >= 0.3 is 0 Å². The molecule has 31 heavy (non-hydrogen) atoms. The molecule has 8 nitrogen and oxygen atoms in total. The molecule has 0 fully saturated rings. The van der Waals surface area contributed by atoms with Crippen LogP contribution in [0.25, 0.3) is 21.6 Å². The van der Waals surface area contributed by atoms with E-state index in [1.54, 1.807) is 37.7 Å². The average Bonchev–Trinajstić information content (AvgIpc) is 3.50. The fourth-order valence-corrected chi connectivity index (χ4v) is 4.26. The molecule has 4 aromatic rings. The van der Waals surface area contributed by atoms with Crippen LogP contribution < -0.4 is 10.1 Å². The van der Waals surface area contributed by atoms with E-state index in [1.165, 1.54) is 16.2 Å². The van der Waals surface area contributed by atoms with Gasteiger partial charge in [-0.2, -0.15) is 0 Å². The third kappa shape index (κ3) is 3.64. The van der Waals surface area contributed by atoms with Gasteiger partial charge in [0.15, 0.2) is 0 Å². The number of benzene rings is 2. The summed E-state index contributed by atoms with van der Waals surface area (Å²) in [5.74, 6) is 0.761. The Morgan fingerprint density at radius 2 is 2.03 bits per heavy atom. The number of carbonyl (C=O) groups excluding carboxylic acids is 2. The van der Waals surface area contributed by atoms with E-state index >= 15 is 0 Å². The van der Waals surface area contributed by atoms with Gasteiger partial charge in [-0.1, -0.05) is 0 Å². The number of anilines is 1. The van der Waals surface area contributed by atoms with E-state index in [1.807, 2.05) is 12.1 Å². The van der Waals surface area contributed by atoms with Crippen LogP contribution in [0.5, 0.6) is 5.75 Å². The number of carbonyl (C=O) groups is 2. The Kier molecular flexibility index (Phi) is 4.67. The highest BCUT2D eigenvalue weighted by Crippen LogP contribution is 2.32. The van der Waals surface area contributed by atoms with Crippen LogP contribution in [0.2, 0.25) is 0 Å². The lowest BCUT2D eigenvalue weighted by Crippen LogP contribution is -2.21. The van der Waals surface area contributed by atoms with Crippen molar-refractivity contribution < 1.29 is 14.3 Å². The first-order chi connectivity index (χ1) is 15.0. The molecule has 2 aromatic heterocycles. The quantitative estimate of drug-likeness (QED) is 0.512. The molecule has 1 aliphatic rings. The second-order valence-electron chi connectivity index (χ2n) is 7.43. The lowest BCUT2D eigenvalue weighted by molar-refractivity contribution is 0.0827. The van der Waals surface area contributed by atoms with E-state index in [0.29, 0.717) is 29.3 Å². The summed E-state index contributed by atoms with van der Waals surface area (Å²) in [5, 5.41) is 5.25. The largest absolute Gasteiger partial charge is 0.493 e. The molecule has 0 saturated carbocycles. The number of amides is 2. The van der Waals surface area contributed by atoms with Crippen molar-refractivity contribution >= 4 is 40.1 Å². The molecule has 1 aliphatic heterocycles. The third-order valence-corrected chi connectivity index (χ3v) is 5.93. The minimum Gasteiger partial charge on any atom is -0.493 e. The first-order valence-corrected chi connectivity index (χ1v) is 10.6. The molecule has 3 heterocycles. The molecule has 9 heteroatoms. The van der Waals surface area contributed by atoms with E-state index in [-0.39, 0.29) is 11.8 Å². The molecule has 2 aromatic carbocycles. The molecule has 2 amide bonds. The zero-order valence-electron chi connectivity index (χ0n) is 16.9. The zero-order valence-corrected chi connectivity index (χ0v) is 17.7. The van der Waals surface area contributed by atoms with Gasteiger partial charge < -0.3 is 14.6 Å². The standard InChI is InChI=1S/C22H19N5O3S/c1-27(2)21(29)14-3-5-15-16(10-14)25-22(24-15)26-19(28)17-11-31-20(23-17)13-4-6-18-12(9-13)7-8-30-18/h3-6,9-11H,7-8H2,1-2H3,(H2,24,25,26,28). The van der Waals surface area contributed by atoms with Crippen LogP contribution in [0.1, 0.15) is 26.4 Å². The topological polar surface area (TPSA) is 100 Å². The van der Waals surface area contributed by atoms with Crippen LogP contribution in [0.15, 0.2) is 41.8 Å². The average molecular weight is 433 g/mol. The Labute approximate surface area is 181 Å². The number of hydrogen-bond donors (Lipinski definition) is 2. The summed E-state index contributed by atoms with van der Waals surface area (Å²) >= 11 is 1.41. The summed E-state index contributed by atoms with van der Waals surface area (Å²) in [6.07, 6.45) is 0.885. The summed E-state index contributed by atoms with van der Waals surface area (Å²) in [4.78, 5) is 38.3. The Morgan fingerprint density at radius 1 is 1.16 bits per heavy atom. The fourth-order valence-electron chi connectivity index (χ4n) is 3.46. The Balaban J connectivity index is 1.34. The van der Waals surface area contributed by atoms with Crippen molar-refractivity contribution in [3.63, 3.8) is 0 Å². The van der Waals surface area contributed by atoms with E-state index in [9.17, 15) is 9.59 Å². The number of imidazole rings is 1. The molecular formula is C22H19N5O3S. The Hall–Kier alpha value is -3.72. The molecule has 5 rings (SSSR count). The van der Waals surface area contributed by atoms with Crippen molar-refractivity contribution in [3.8, 4) is 16.3 Å². The smallest absolute Gasteiger partial charge is 0.277 e. The van der Waals surface area contributed by atoms with Crippen LogP contribution in [0.4, 0.5) is 5.95 Å². The van der Waals surface area contributed by atoms with Crippen molar-refractivity contribution in [1.82, 2.24) is 19.9 Å². The first-order valence-electron chi connectivity index (χ1n) is 9.72. The van der Waals surface area contributed by atoms with Crippen LogP contribution in [-0.2, 0) is 6.42 Å². The number of nitrogens with zero attached hydrogens (tertiary/aromatic N) is 3. The summed E-state index contributed by atoms with van der Waals surface area (Å²) in [6, 6.07) is 11.2. The van der Waals surface area contributed by atoms with Crippen molar-refractivity contribution in [2.45, 2.75) is 6.42 Å². The lowest BCUT2D eigenvalue weighted by atomic mass is 10.1. The zero-order chi connectivity index (χ0) is 21.5. The van der Waals surface area contributed by atoms with Crippen LogP contribution >= 0.6 is 11.3 Å². The molecule has 156 valence electrons. The number of fused-ring (bicyclic) bond motifs is 2. The van der Waals surface area contributed by atoms with Gasteiger partial charge in [0.2, 0.25) is 5.95 Å². The maximum atomic E-state index is 12.7. The molecule has 0 aliphatic carbocycles. The first kappa shape index (κ1) is 19.3. The van der Waals surface area contributed by atoms with Gasteiger partial charge in [0.1, 0.15) is 16.5 Å². The summed E-state index contributed by atoms with van der Waals surface area (Å²) in [7, 11) is 3.39. The minimum atomic E-state index is -0.351. The molecular weight excluding hydrogens is 414 g/mol. The van der Waals surface area contributed by atoms with Crippen LogP contribution in [-0.4, -0.2) is 52.4 Å². The van der Waals surface area contributed by atoms with Crippen molar-refractivity contribution in [1.29, 1.82) is 0 Å². The van der Waals surface area contributed by atoms with Crippen molar-refractivity contribution in [3.05, 3.63) is 58.6 Å². The third-order valence-electron chi connectivity index (χ3n) is 5.04. The fraction of sp³-hybridized carbons (Fsp3) is 0.182. The normalized spacial score (nSPS) is 12.5. The summed E-state index contributed by atoms with van der Waals surface area (Å²) in [6.45, 7) is 0.701. The highest BCUT2D eigenvalue weighted by atomic mass is 32.1. The van der Waals surface area contributed by atoms with Crippen molar-refractivity contribution in [2.24, 2.45) is 0 Å². The predicted octanol–water partition coefficient (Wildman–Crippen LogP) is 3.58. The minimum absolute atomic E-state index is 0.108. The second-order valence-corrected chi connectivity index (χ2v) is 8.29. The predicted molar refractivity (Wildman–Crippen MR) is 119 cm³/mol. The number of rotatable bonds is 4. The van der Waals surface area contributed by atoms with Gasteiger partial charge in [-0.05, 0) is 42.0 Å². The van der Waals surface area contributed by atoms with Crippen LogP contribution in [0.3, 0.4) is 0 Å². The number of H-pyrrole nitrogens is 1. The molecule has 0 atom stereocenters. The Bertz CT molecular complexity index is 1320. The molecule has 0 saturated heterocycles. The van der Waals surface area contributed by atoms with E-state index in [2.05, 4.69) is 26.3 Å². The van der Waals surface area contributed by atoms with Crippen LogP contribution in [0, 0.1) is 0 Å². The maximum absolute atomic E-state index is 12.7. The number of nitrogens with one attached hydrogen (secondary N) is 2. The number of ether oxygens (including phenoxy) is 1. The highest BCUT2D eigenvalue weighted by Gasteiger charge is 2.17. The highest BCUT2D eigenvalue weighted by molar-refractivity contribution is 7.13. The maximum Gasteiger partial charge on any atom is 0.277 e. The lowest BCUT2D eigenvalue weighted by Gasteiger charge is -2.09.